The van der Waals surface area contributed by atoms with Crippen LogP contribution in [0.2, 0.25) is 0 Å². The summed E-state index contributed by atoms with van der Waals surface area (Å²) in [4.78, 5) is 0. The third-order valence-electron chi connectivity index (χ3n) is 3.26. The molecule has 0 aliphatic heterocycles. The summed E-state index contributed by atoms with van der Waals surface area (Å²) in [5.41, 5.74) is 0. The molecule has 0 spiro atoms. The highest BCUT2D eigenvalue weighted by molar-refractivity contribution is 4.72. The van der Waals surface area contributed by atoms with Crippen molar-refractivity contribution in [1.29, 1.82) is 0 Å². The Balaban J connectivity index is 2.03. The molecule has 0 aromatic heterocycles. The van der Waals surface area contributed by atoms with Crippen LogP contribution in [0.5, 0.6) is 0 Å². The van der Waals surface area contributed by atoms with E-state index in [1.54, 1.807) is 0 Å². The highest BCUT2D eigenvalue weighted by Gasteiger charge is 2.13. The molecule has 1 unspecified atom stereocenters. The molecule has 0 radical (unpaired) electrons. The van der Waals surface area contributed by atoms with Crippen molar-refractivity contribution in [3.05, 3.63) is 0 Å². The number of nitrogens with one attached hydrogen (secondary N) is 1. The molecule has 0 amide bonds. The smallest absolute Gasteiger partial charge is 0.0897 e. The first kappa shape index (κ1) is 14.9. The van der Waals surface area contributed by atoms with Gasteiger partial charge < -0.3 is 15.2 Å². The summed E-state index contributed by atoms with van der Waals surface area (Å²) in [6, 6.07) is 0.609. The fourth-order valence-electron chi connectivity index (χ4n) is 2.28. The zero-order chi connectivity index (χ0) is 12.5. The number of hydrogen-bond acceptors (Lipinski definition) is 3. The highest BCUT2D eigenvalue weighted by Crippen LogP contribution is 2.16. The molecule has 0 heterocycles. The predicted octanol–water partition coefficient (Wildman–Crippen LogP) is 2.33. The predicted molar refractivity (Wildman–Crippen MR) is 71.2 cm³/mol. The first-order valence-electron chi connectivity index (χ1n) is 7.17. The first-order valence-corrected chi connectivity index (χ1v) is 7.17. The van der Waals surface area contributed by atoms with Gasteiger partial charge in [-0.1, -0.05) is 39.5 Å². The largest absolute Gasteiger partial charge is 0.389 e. The van der Waals surface area contributed by atoms with Gasteiger partial charge in [0, 0.05) is 19.2 Å². The Morgan fingerprint density at radius 3 is 2.35 bits per heavy atom. The minimum absolute atomic E-state index is 0.364. The minimum atomic E-state index is -0.364. The molecule has 0 aromatic carbocycles. The summed E-state index contributed by atoms with van der Waals surface area (Å²) in [5.74, 6) is 0.539. The van der Waals surface area contributed by atoms with E-state index in [1.165, 1.54) is 38.5 Å². The minimum Gasteiger partial charge on any atom is -0.389 e. The lowest BCUT2D eigenvalue weighted by Gasteiger charge is -2.19. The zero-order valence-corrected chi connectivity index (χ0v) is 11.5. The average Bonchev–Trinajstić information content (AvgIpc) is 2.54. The van der Waals surface area contributed by atoms with Gasteiger partial charge in [-0.05, 0) is 18.8 Å². The number of ether oxygens (including phenoxy) is 1. The van der Waals surface area contributed by atoms with Gasteiger partial charge in [0.2, 0.25) is 0 Å². The van der Waals surface area contributed by atoms with E-state index in [1.807, 2.05) is 0 Å². The molecule has 102 valence electrons. The van der Waals surface area contributed by atoms with Gasteiger partial charge >= 0.3 is 0 Å². The summed E-state index contributed by atoms with van der Waals surface area (Å²) in [7, 11) is 0. The number of aliphatic hydroxyl groups is 1. The Morgan fingerprint density at radius 2 is 1.76 bits per heavy atom. The average molecular weight is 243 g/mol. The van der Waals surface area contributed by atoms with Crippen molar-refractivity contribution in [3.8, 4) is 0 Å². The van der Waals surface area contributed by atoms with Crippen LogP contribution in [0.1, 0.15) is 52.4 Å². The second-order valence-corrected chi connectivity index (χ2v) is 5.68. The number of rotatable bonds is 7. The van der Waals surface area contributed by atoms with Crippen molar-refractivity contribution in [2.45, 2.75) is 64.5 Å². The Kier molecular flexibility index (Phi) is 7.82. The fraction of sp³-hybridized carbons (Fsp3) is 1.00. The Hall–Kier alpha value is -0.120. The van der Waals surface area contributed by atoms with Crippen molar-refractivity contribution in [3.63, 3.8) is 0 Å². The molecule has 17 heavy (non-hydrogen) atoms. The van der Waals surface area contributed by atoms with Gasteiger partial charge in [0.25, 0.3) is 0 Å². The Morgan fingerprint density at radius 1 is 1.12 bits per heavy atom. The van der Waals surface area contributed by atoms with E-state index in [-0.39, 0.29) is 6.10 Å². The van der Waals surface area contributed by atoms with Gasteiger partial charge in [0.1, 0.15) is 0 Å². The molecule has 1 aliphatic carbocycles. The molecule has 1 saturated carbocycles. The summed E-state index contributed by atoms with van der Waals surface area (Å²) in [6.07, 6.45) is 7.57. The lowest BCUT2D eigenvalue weighted by atomic mass is 10.1. The maximum Gasteiger partial charge on any atom is 0.0897 e. The zero-order valence-electron chi connectivity index (χ0n) is 11.5. The number of hydrogen-bond donors (Lipinski definition) is 2. The summed E-state index contributed by atoms with van der Waals surface area (Å²) < 4.78 is 5.43. The maximum absolute atomic E-state index is 9.78. The molecule has 0 bridgehead atoms. The monoisotopic (exact) mass is 243 g/mol. The molecule has 3 nitrogen and oxygen atoms in total. The van der Waals surface area contributed by atoms with Crippen LogP contribution in [0.25, 0.3) is 0 Å². The third kappa shape index (κ3) is 7.74. The highest BCUT2D eigenvalue weighted by atomic mass is 16.5. The second-order valence-electron chi connectivity index (χ2n) is 5.68. The van der Waals surface area contributed by atoms with E-state index in [2.05, 4.69) is 19.2 Å². The normalized spacial score (nSPS) is 20.5. The summed E-state index contributed by atoms with van der Waals surface area (Å²) >= 11 is 0. The molecule has 0 aromatic rings. The number of aliphatic hydroxyl groups excluding tert-OH is 1. The lowest BCUT2D eigenvalue weighted by Crippen LogP contribution is -2.37. The van der Waals surface area contributed by atoms with Crippen LogP contribution in [-0.2, 0) is 4.74 Å². The van der Waals surface area contributed by atoms with Crippen molar-refractivity contribution in [1.82, 2.24) is 5.32 Å². The van der Waals surface area contributed by atoms with Crippen molar-refractivity contribution in [2.24, 2.45) is 5.92 Å². The van der Waals surface area contributed by atoms with Crippen molar-refractivity contribution >= 4 is 0 Å². The van der Waals surface area contributed by atoms with E-state index < -0.39 is 0 Å². The van der Waals surface area contributed by atoms with Crippen LogP contribution in [0.3, 0.4) is 0 Å². The van der Waals surface area contributed by atoms with Gasteiger partial charge in [-0.15, -0.1) is 0 Å². The molecular formula is C14H29NO2. The first-order chi connectivity index (χ1) is 8.18. The molecule has 1 atom stereocenters. The molecule has 3 heteroatoms. The molecule has 1 aliphatic rings. The summed E-state index contributed by atoms with van der Waals surface area (Å²) in [6.45, 7) is 6.10. The SMILES string of the molecule is CC(C)COCC(O)CNC1CCCCCC1. The Bertz CT molecular complexity index is 177. The molecule has 2 N–H and O–H groups in total. The van der Waals surface area contributed by atoms with Crippen LogP contribution >= 0.6 is 0 Å². The maximum atomic E-state index is 9.78. The summed E-state index contributed by atoms with van der Waals surface area (Å²) in [5, 5.41) is 13.2. The van der Waals surface area contributed by atoms with Crippen LogP contribution in [-0.4, -0.2) is 37.0 Å². The van der Waals surface area contributed by atoms with Crippen LogP contribution in [0.4, 0.5) is 0 Å². The van der Waals surface area contributed by atoms with Crippen molar-refractivity contribution in [2.75, 3.05) is 19.8 Å². The topological polar surface area (TPSA) is 41.5 Å². The lowest BCUT2D eigenvalue weighted by molar-refractivity contribution is 0.0248. The van der Waals surface area contributed by atoms with E-state index in [0.29, 0.717) is 25.1 Å². The quantitative estimate of drug-likeness (QED) is 0.674. The van der Waals surface area contributed by atoms with E-state index in [0.717, 1.165) is 6.61 Å². The molecular weight excluding hydrogens is 214 g/mol. The van der Waals surface area contributed by atoms with Gasteiger partial charge in [-0.2, -0.15) is 0 Å². The Labute approximate surface area is 106 Å². The van der Waals surface area contributed by atoms with Gasteiger partial charge in [0.15, 0.2) is 0 Å². The van der Waals surface area contributed by atoms with Gasteiger partial charge in [-0.3, -0.25) is 0 Å². The fourth-order valence-corrected chi connectivity index (χ4v) is 2.28. The molecule has 1 fully saturated rings. The van der Waals surface area contributed by atoms with E-state index in [4.69, 9.17) is 4.74 Å². The molecule has 0 saturated heterocycles. The van der Waals surface area contributed by atoms with E-state index >= 15 is 0 Å². The van der Waals surface area contributed by atoms with Gasteiger partial charge in [0.05, 0.1) is 12.7 Å². The second kappa shape index (κ2) is 8.90. The standard InChI is InChI=1S/C14H29NO2/c1-12(2)10-17-11-14(16)9-15-13-7-5-3-4-6-8-13/h12-16H,3-11H2,1-2H3. The van der Waals surface area contributed by atoms with Crippen LogP contribution < -0.4 is 5.32 Å². The third-order valence-corrected chi connectivity index (χ3v) is 3.26. The van der Waals surface area contributed by atoms with Crippen LogP contribution in [0, 0.1) is 5.92 Å². The molecule has 1 rings (SSSR count). The van der Waals surface area contributed by atoms with E-state index in [9.17, 15) is 5.11 Å². The van der Waals surface area contributed by atoms with Crippen LogP contribution in [0.15, 0.2) is 0 Å². The van der Waals surface area contributed by atoms with Crippen molar-refractivity contribution < 1.29 is 9.84 Å². The van der Waals surface area contributed by atoms with Gasteiger partial charge in [-0.25, -0.2) is 0 Å².